The van der Waals surface area contributed by atoms with Crippen molar-refractivity contribution in [3.05, 3.63) is 41.6 Å². The van der Waals surface area contributed by atoms with Crippen LogP contribution < -0.4 is 10.5 Å². The van der Waals surface area contributed by atoms with Crippen LogP contribution in [0.3, 0.4) is 0 Å². The van der Waals surface area contributed by atoms with Crippen LogP contribution in [0.5, 0.6) is 5.75 Å². The predicted octanol–water partition coefficient (Wildman–Crippen LogP) is 1.31. The molecule has 0 bridgehead atoms. The molecule has 102 valence electrons. The van der Waals surface area contributed by atoms with Crippen molar-refractivity contribution >= 4 is 5.82 Å². The van der Waals surface area contributed by atoms with Crippen LogP contribution in [0.4, 0.5) is 14.6 Å². The minimum absolute atomic E-state index is 0.00514. The number of benzene rings is 1. The molecule has 0 spiro atoms. The van der Waals surface area contributed by atoms with Crippen LogP contribution >= 0.6 is 0 Å². The summed E-state index contributed by atoms with van der Waals surface area (Å²) >= 11 is 0. The van der Waals surface area contributed by atoms with E-state index in [1.165, 1.54) is 10.7 Å². The van der Waals surface area contributed by atoms with Crippen molar-refractivity contribution in [2.75, 3.05) is 12.3 Å². The quantitative estimate of drug-likeness (QED) is 0.858. The number of nitrogens with zero attached hydrogens (tertiary/aromatic N) is 2. The molecule has 3 N–H and O–H groups in total. The molecule has 0 saturated carbocycles. The third-order valence-electron chi connectivity index (χ3n) is 2.44. The maximum absolute atomic E-state index is 13.3. The predicted molar refractivity (Wildman–Crippen MR) is 64.4 cm³/mol. The molecule has 0 unspecified atom stereocenters. The highest BCUT2D eigenvalue weighted by molar-refractivity contribution is 5.31. The molecule has 0 fully saturated rings. The van der Waals surface area contributed by atoms with E-state index in [0.29, 0.717) is 11.5 Å². The van der Waals surface area contributed by atoms with Gasteiger partial charge in [0, 0.05) is 12.1 Å². The summed E-state index contributed by atoms with van der Waals surface area (Å²) in [5.74, 6) is -1.12. The Kier molecular flexibility index (Phi) is 3.96. The molecule has 0 aliphatic carbocycles. The lowest BCUT2D eigenvalue weighted by Gasteiger charge is -2.05. The van der Waals surface area contributed by atoms with E-state index in [1.54, 1.807) is 6.07 Å². The topological polar surface area (TPSA) is 73.3 Å². The average Bonchev–Trinajstić information content (AvgIpc) is 2.70. The van der Waals surface area contributed by atoms with E-state index in [4.69, 9.17) is 15.6 Å². The highest BCUT2D eigenvalue weighted by Gasteiger charge is 2.08. The lowest BCUT2D eigenvalue weighted by molar-refractivity contribution is 0.264. The van der Waals surface area contributed by atoms with Gasteiger partial charge < -0.3 is 15.6 Å². The summed E-state index contributed by atoms with van der Waals surface area (Å²) in [6.45, 7) is 0.195. The van der Waals surface area contributed by atoms with Gasteiger partial charge in [-0.3, -0.25) is 0 Å². The summed E-state index contributed by atoms with van der Waals surface area (Å²) in [5, 5.41) is 12.9. The lowest BCUT2D eigenvalue weighted by Crippen LogP contribution is -2.08. The highest BCUT2D eigenvalue weighted by atomic mass is 19.1. The molecule has 1 heterocycles. The lowest BCUT2D eigenvalue weighted by atomic mass is 10.3. The Morgan fingerprint density at radius 3 is 2.79 bits per heavy atom. The Morgan fingerprint density at radius 1 is 1.32 bits per heavy atom. The summed E-state index contributed by atoms with van der Waals surface area (Å²) < 4.78 is 32.6. The van der Waals surface area contributed by atoms with Crippen LogP contribution in [0.15, 0.2) is 24.3 Å². The number of halogens is 2. The molecule has 19 heavy (non-hydrogen) atoms. The van der Waals surface area contributed by atoms with Crippen LogP contribution in [0.2, 0.25) is 0 Å². The molecule has 0 radical (unpaired) electrons. The Balaban J connectivity index is 2.04. The second-order valence-corrected chi connectivity index (χ2v) is 3.87. The minimum Gasteiger partial charge on any atom is -0.484 e. The van der Waals surface area contributed by atoms with E-state index < -0.39 is 11.6 Å². The molecule has 0 atom stereocenters. The van der Waals surface area contributed by atoms with E-state index in [-0.39, 0.29) is 25.5 Å². The van der Waals surface area contributed by atoms with E-state index in [9.17, 15) is 8.78 Å². The number of nitrogen functional groups attached to an aromatic ring is 1. The smallest absolute Gasteiger partial charge is 0.167 e. The largest absolute Gasteiger partial charge is 0.484 e. The molecule has 0 amide bonds. The van der Waals surface area contributed by atoms with Gasteiger partial charge in [0.15, 0.2) is 11.6 Å². The van der Waals surface area contributed by atoms with E-state index in [2.05, 4.69) is 5.10 Å². The first-order valence-corrected chi connectivity index (χ1v) is 5.61. The second-order valence-electron chi connectivity index (χ2n) is 3.87. The van der Waals surface area contributed by atoms with Gasteiger partial charge in [-0.05, 0) is 12.1 Å². The number of aromatic nitrogens is 2. The first-order valence-electron chi connectivity index (χ1n) is 5.61. The summed E-state index contributed by atoms with van der Waals surface area (Å²) in [6, 6.07) is 4.63. The van der Waals surface area contributed by atoms with E-state index >= 15 is 0 Å². The second kappa shape index (κ2) is 5.66. The summed E-state index contributed by atoms with van der Waals surface area (Å²) in [7, 11) is 0. The van der Waals surface area contributed by atoms with Gasteiger partial charge in [0.1, 0.15) is 23.9 Å². The van der Waals surface area contributed by atoms with Crippen molar-refractivity contribution in [1.82, 2.24) is 9.78 Å². The van der Waals surface area contributed by atoms with E-state index in [0.717, 1.165) is 12.1 Å². The van der Waals surface area contributed by atoms with Gasteiger partial charge in [-0.25, -0.2) is 13.5 Å². The van der Waals surface area contributed by atoms with Gasteiger partial charge >= 0.3 is 0 Å². The Labute approximate surface area is 108 Å². The van der Waals surface area contributed by atoms with Crippen molar-refractivity contribution in [3.63, 3.8) is 0 Å². The Morgan fingerprint density at radius 2 is 2.11 bits per heavy atom. The molecule has 1 aromatic heterocycles. The van der Waals surface area contributed by atoms with Crippen molar-refractivity contribution in [1.29, 1.82) is 0 Å². The van der Waals surface area contributed by atoms with Crippen LogP contribution in [0, 0.1) is 11.6 Å². The first kappa shape index (κ1) is 13.3. The monoisotopic (exact) mass is 269 g/mol. The number of aliphatic hydroxyl groups excluding tert-OH is 1. The molecule has 2 aromatic rings. The molecule has 1 aromatic carbocycles. The van der Waals surface area contributed by atoms with Crippen molar-refractivity contribution in [2.24, 2.45) is 0 Å². The van der Waals surface area contributed by atoms with Crippen LogP contribution in [0.25, 0.3) is 0 Å². The third-order valence-corrected chi connectivity index (χ3v) is 2.44. The van der Waals surface area contributed by atoms with Crippen molar-refractivity contribution in [2.45, 2.75) is 13.2 Å². The van der Waals surface area contributed by atoms with Crippen LogP contribution in [-0.4, -0.2) is 21.5 Å². The zero-order valence-electron chi connectivity index (χ0n) is 10.0. The van der Waals surface area contributed by atoms with E-state index in [1.807, 2.05) is 0 Å². The van der Waals surface area contributed by atoms with Gasteiger partial charge in [-0.15, -0.1) is 0 Å². The zero-order valence-corrected chi connectivity index (χ0v) is 10.0. The molecule has 7 heteroatoms. The fourth-order valence-corrected chi connectivity index (χ4v) is 1.58. The molecule has 0 saturated heterocycles. The molecule has 2 rings (SSSR count). The molecule has 0 aliphatic heterocycles. The molecular formula is C12H13F2N3O2. The standard InChI is InChI=1S/C12H13F2N3O2/c13-8-1-2-11(10(14)5-8)19-7-9-6-12(15)17(16-9)3-4-18/h1-2,5-6,18H,3-4,7,15H2. The molecule has 0 aliphatic rings. The first-order chi connectivity index (χ1) is 9.10. The fourth-order valence-electron chi connectivity index (χ4n) is 1.58. The fraction of sp³-hybridized carbons (Fsp3) is 0.250. The van der Waals surface area contributed by atoms with Crippen LogP contribution in [0.1, 0.15) is 5.69 Å². The average molecular weight is 269 g/mol. The van der Waals surface area contributed by atoms with Crippen molar-refractivity contribution in [3.8, 4) is 5.75 Å². The number of nitrogens with two attached hydrogens (primary N) is 1. The summed E-state index contributed by atoms with van der Waals surface area (Å²) in [5.41, 5.74) is 6.15. The normalized spacial score (nSPS) is 10.7. The number of rotatable bonds is 5. The Hall–Kier alpha value is -2.15. The van der Waals surface area contributed by atoms with Crippen molar-refractivity contribution < 1.29 is 18.6 Å². The van der Waals surface area contributed by atoms with Crippen LogP contribution in [-0.2, 0) is 13.2 Å². The minimum atomic E-state index is -0.775. The number of hydrogen-bond donors (Lipinski definition) is 2. The van der Waals surface area contributed by atoms with Gasteiger partial charge in [0.2, 0.25) is 0 Å². The van der Waals surface area contributed by atoms with Gasteiger partial charge in [0.05, 0.1) is 13.2 Å². The maximum atomic E-state index is 13.3. The summed E-state index contributed by atoms with van der Waals surface area (Å²) in [4.78, 5) is 0. The summed E-state index contributed by atoms with van der Waals surface area (Å²) in [6.07, 6.45) is 0. The number of ether oxygens (including phenoxy) is 1. The zero-order chi connectivity index (χ0) is 13.8. The van der Waals surface area contributed by atoms with Gasteiger partial charge in [-0.1, -0.05) is 0 Å². The molecule has 5 nitrogen and oxygen atoms in total. The number of hydrogen-bond acceptors (Lipinski definition) is 4. The SMILES string of the molecule is Nc1cc(COc2ccc(F)cc2F)nn1CCO. The molecular weight excluding hydrogens is 256 g/mol. The third kappa shape index (κ3) is 3.19. The van der Waals surface area contributed by atoms with Gasteiger partial charge in [0.25, 0.3) is 0 Å². The number of anilines is 1. The number of aliphatic hydroxyl groups is 1. The maximum Gasteiger partial charge on any atom is 0.167 e. The van der Waals surface area contributed by atoms with Gasteiger partial charge in [-0.2, -0.15) is 5.10 Å². The highest BCUT2D eigenvalue weighted by Crippen LogP contribution is 2.19. The Bertz CT molecular complexity index is 572.